The van der Waals surface area contributed by atoms with E-state index in [1.54, 1.807) is 30.5 Å². The summed E-state index contributed by atoms with van der Waals surface area (Å²) in [6.07, 6.45) is 3.12. The number of benzene rings is 2. The Kier molecular flexibility index (Phi) is 6.73. The van der Waals surface area contributed by atoms with Crippen LogP contribution in [0, 0.1) is 5.82 Å². The summed E-state index contributed by atoms with van der Waals surface area (Å²) in [6.45, 7) is 0.203. The molecule has 0 radical (unpaired) electrons. The first kappa shape index (κ1) is 23.9. The van der Waals surface area contributed by atoms with Gasteiger partial charge in [0, 0.05) is 24.0 Å². The molecule has 11 heteroatoms. The van der Waals surface area contributed by atoms with E-state index in [0.29, 0.717) is 16.9 Å². The molecule has 0 aliphatic heterocycles. The van der Waals surface area contributed by atoms with Crippen molar-refractivity contribution in [1.29, 1.82) is 0 Å². The zero-order valence-electron chi connectivity index (χ0n) is 19.2. The molecule has 5 rings (SSSR count). The van der Waals surface area contributed by atoms with E-state index in [1.165, 1.54) is 41.2 Å². The quantitative estimate of drug-likeness (QED) is 0.292. The van der Waals surface area contributed by atoms with E-state index >= 15 is 0 Å². The molecule has 9 nitrogen and oxygen atoms in total. The van der Waals surface area contributed by atoms with Crippen LogP contribution in [-0.2, 0) is 6.54 Å². The third kappa shape index (κ3) is 5.24. The van der Waals surface area contributed by atoms with Crippen molar-refractivity contribution in [3.63, 3.8) is 0 Å². The summed E-state index contributed by atoms with van der Waals surface area (Å²) in [4.78, 5) is 30.1. The first-order valence-corrected chi connectivity index (χ1v) is 11.5. The molecule has 0 atom stereocenters. The molecule has 0 aliphatic carbocycles. The second-order valence-corrected chi connectivity index (χ2v) is 8.30. The van der Waals surface area contributed by atoms with Crippen LogP contribution in [0.3, 0.4) is 0 Å². The predicted molar refractivity (Wildman–Crippen MR) is 136 cm³/mol. The predicted octanol–water partition coefficient (Wildman–Crippen LogP) is 4.63. The summed E-state index contributed by atoms with van der Waals surface area (Å²) in [5.41, 5.74) is 1.96. The second kappa shape index (κ2) is 10.4. The van der Waals surface area contributed by atoms with Crippen LogP contribution in [0.5, 0.6) is 0 Å². The number of amides is 2. The fourth-order valence-electron chi connectivity index (χ4n) is 3.63. The van der Waals surface area contributed by atoms with Crippen LogP contribution in [0.25, 0.3) is 16.9 Å². The lowest BCUT2D eigenvalue weighted by molar-refractivity contribution is 0.0944. The minimum Gasteiger partial charge on any atom is -0.345 e. The van der Waals surface area contributed by atoms with Gasteiger partial charge in [0.05, 0.1) is 28.5 Å². The summed E-state index contributed by atoms with van der Waals surface area (Å²) in [7, 11) is 0. The first-order valence-electron chi connectivity index (χ1n) is 11.1. The molecule has 184 valence electrons. The maximum absolute atomic E-state index is 14.3. The van der Waals surface area contributed by atoms with Crippen molar-refractivity contribution in [2.75, 3.05) is 5.32 Å². The number of halogens is 2. The topological polar surface area (TPSA) is 118 Å². The molecule has 0 saturated carbocycles. The SMILES string of the molecule is O=C(NCc1cc[nH]n1)c1cc(NC(=O)c2cc(-c3ncccc3F)ccc2Cl)n(-c2ccccc2)n1. The van der Waals surface area contributed by atoms with E-state index in [1.807, 2.05) is 18.2 Å². The molecule has 0 aliphatic rings. The van der Waals surface area contributed by atoms with Gasteiger partial charge in [-0.3, -0.25) is 19.7 Å². The largest absolute Gasteiger partial charge is 0.345 e. The van der Waals surface area contributed by atoms with Gasteiger partial charge in [-0.2, -0.15) is 10.2 Å². The number of rotatable bonds is 7. The summed E-state index contributed by atoms with van der Waals surface area (Å²) in [6, 6.07) is 19.5. The lowest BCUT2D eigenvalue weighted by atomic mass is 10.1. The molecular weight excluding hydrogens is 497 g/mol. The summed E-state index contributed by atoms with van der Waals surface area (Å²) < 4.78 is 15.7. The summed E-state index contributed by atoms with van der Waals surface area (Å²) in [5.74, 6) is -1.29. The first-order chi connectivity index (χ1) is 18.0. The average Bonchev–Trinajstić information content (AvgIpc) is 3.59. The van der Waals surface area contributed by atoms with Gasteiger partial charge < -0.3 is 10.6 Å². The van der Waals surface area contributed by atoms with Crippen molar-refractivity contribution in [3.8, 4) is 16.9 Å². The lowest BCUT2D eigenvalue weighted by Crippen LogP contribution is -2.23. The highest BCUT2D eigenvalue weighted by Gasteiger charge is 2.20. The fraction of sp³-hybridized carbons (Fsp3) is 0.0385. The maximum atomic E-state index is 14.3. The Labute approximate surface area is 215 Å². The van der Waals surface area contributed by atoms with Gasteiger partial charge in [0.25, 0.3) is 11.8 Å². The third-order valence-corrected chi connectivity index (χ3v) is 5.75. The van der Waals surface area contributed by atoms with Crippen LogP contribution < -0.4 is 10.6 Å². The van der Waals surface area contributed by atoms with E-state index in [0.717, 1.165) is 0 Å². The molecule has 0 unspecified atom stereocenters. The highest BCUT2D eigenvalue weighted by Crippen LogP contribution is 2.27. The van der Waals surface area contributed by atoms with Gasteiger partial charge in [0.2, 0.25) is 0 Å². The summed E-state index contributed by atoms with van der Waals surface area (Å²) in [5, 5.41) is 16.8. The third-order valence-electron chi connectivity index (χ3n) is 5.42. The molecular formula is C26H19ClFN7O2. The molecule has 2 aromatic carbocycles. The van der Waals surface area contributed by atoms with Crippen LogP contribution in [-0.4, -0.2) is 36.8 Å². The minimum absolute atomic E-state index is 0.0880. The molecule has 3 N–H and O–H groups in total. The summed E-state index contributed by atoms with van der Waals surface area (Å²) >= 11 is 6.32. The maximum Gasteiger partial charge on any atom is 0.272 e. The van der Waals surface area contributed by atoms with Crippen molar-refractivity contribution >= 4 is 29.2 Å². The highest BCUT2D eigenvalue weighted by molar-refractivity contribution is 6.34. The van der Waals surface area contributed by atoms with E-state index in [-0.39, 0.29) is 34.3 Å². The normalized spacial score (nSPS) is 10.8. The molecule has 37 heavy (non-hydrogen) atoms. The van der Waals surface area contributed by atoms with Crippen molar-refractivity contribution in [2.45, 2.75) is 6.54 Å². The van der Waals surface area contributed by atoms with Gasteiger partial charge in [-0.15, -0.1) is 0 Å². The van der Waals surface area contributed by atoms with Gasteiger partial charge in [-0.25, -0.2) is 9.07 Å². The number of H-pyrrole nitrogens is 1. The van der Waals surface area contributed by atoms with Gasteiger partial charge in [-0.05, 0) is 42.5 Å². The number of para-hydroxylation sites is 1. The Hall–Kier alpha value is -4.83. The van der Waals surface area contributed by atoms with Gasteiger partial charge in [-0.1, -0.05) is 35.9 Å². The number of hydrogen-bond acceptors (Lipinski definition) is 5. The smallest absolute Gasteiger partial charge is 0.272 e. The number of carbonyl (C=O) groups is 2. The van der Waals surface area contributed by atoms with Gasteiger partial charge >= 0.3 is 0 Å². The number of nitrogens with one attached hydrogen (secondary N) is 3. The molecule has 0 saturated heterocycles. The van der Waals surface area contributed by atoms with Gasteiger partial charge in [0.15, 0.2) is 5.69 Å². The Bertz CT molecular complexity index is 1570. The van der Waals surface area contributed by atoms with E-state index in [9.17, 15) is 14.0 Å². The number of aromatic nitrogens is 5. The van der Waals surface area contributed by atoms with Crippen molar-refractivity contribution < 1.29 is 14.0 Å². The number of aromatic amines is 1. The zero-order chi connectivity index (χ0) is 25.8. The van der Waals surface area contributed by atoms with Crippen LogP contribution in [0.1, 0.15) is 26.5 Å². The highest BCUT2D eigenvalue weighted by atomic mass is 35.5. The molecule has 5 aromatic rings. The number of anilines is 1. The van der Waals surface area contributed by atoms with E-state index < -0.39 is 17.6 Å². The van der Waals surface area contributed by atoms with Crippen LogP contribution >= 0.6 is 11.6 Å². The average molecular weight is 516 g/mol. The van der Waals surface area contributed by atoms with Crippen molar-refractivity contribution in [3.05, 3.63) is 113 Å². The number of hydrogen-bond donors (Lipinski definition) is 3. The van der Waals surface area contributed by atoms with Gasteiger partial charge in [0.1, 0.15) is 17.3 Å². The lowest BCUT2D eigenvalue weighted by Gasteiger charge is -2.11. The molecule has 3 aromatic heterocycles. The Morgan fingerprint density at radius 1 is 1.00 bits per heavy atom. The van der Waals surface area contributed by atoms with Crippen molar-refractivity contribution in [1.82, 2.24) is 30.3 Å². The molecule has 0 fully saturated rings. The van der Waals surface area contributed by atoms with Crippen molar-refractivity contribution in [2.24, 2.45) is 0 Å². The molecule has 3 heterocycles. The Balaban J connectivity index is 1.45. The number of pyridine rings is 1. The number of carbonyl (C=O) groups excluding carboxylic acids is 2. The Morgan fingerprint density at radius 2 is 1.84 bits per heavy atom. The monoisotopic (exact) mass is 515 g/mol. The fourth-order valence-corrected chi connectivity index (χ4v) is 3.83. The zero-order valence-corrected chi connectivity index (χ0v) is 19.9. The number of nitrogens with zero attached hydrogens (tertiary/aromatic N) is 4. The second-order valence-electron chi connectivity index (χ2n) is 7.89. The van der Waals surface area contributed by atoms with Crippen LogP contribution in [0.4, 0.5) is 10.2 Å². The van der Waals surface area contributed by atoms with Crippen LogP contribution in [0.15, 0.2) is 85.2 Å². The molecule has 2 amide bonds. The van der Waals surface area contributed by atoms with E-state index in [2.05, 4.69) is 30.9 Å². The van der Waals surface area contributed by atoms with E-state index in [4.69, 9.17) is 11.6 Å². The van der Waals surface area contributed by atoms with Crippen LogP contribution in [0.2, 0.25) is 5.02 Å². The molecule has 0 bridgehead atoms. The molecule has 0 spiro atoms. The minimum atomic E-state index is -0.566. The Morgan fingerprint density at radius 3 is 2.59 bits per heavy atom. The standard InChI is InChI=1S/C26H19ClFN7O2/c27-20-9-8-16(24-21(28)7-4-11-29-24)13-19(20)25(36)32-23-14-22(26(37)30-15-17-10-12-31-33-17)34-35(23)18-5-2-1-3-6-18/h1-14H,15H2,(H,30,37)(H,31,33)(H,32,36).